The maximum atomic E-state index is 12.9. The minimum absolute atomic E-state index is 0.173. The van der Waals surface area contributed by atoms with Crippen molar-refractivity contribution in [1.29, 1.82) is 0 Å². The van der Waals surface area contributed by atoms with Crippen molar-refractivity contribution < 1.29 is 13.2 Å². The molecule has 0 aliphatic rings. The minimum Gasteiger partial charge on any atom is -0.348 e. The van der Waals surface area contributed by atoms with Crippen LogP contribution in [0.3, 0.4) is 0 Å². The summed E-state index contributed by atoms with van der Waals surface area (Å²) in [7, 11) is -2.16. The highest BCUT2D eigenvalue weighted by molar-refractivity contribution is 9.10. The second kappa shape index (κ2) is 7.84. The summed E-state index contributed by atoms with van der Waals surface area (Å²) in [5.41, 5.74) is 0.529. The van der Waals surface area contributed by atoms with Gasteiger partial charge in [0, 0.05) is 22.8 Å². The van der Waals surface area contributed by atoms with Crippen LogP contribution in [-0.4, -0.2) is 27.9 Å². The number of thiophene rings is 1. The highest BCUT2D eigenvalue weighted by atomic mass is 79.9. The van der Waals surface area contributed by atoms with Crippen molar-refractivity contribution in [3.8, 4) is 0 Å². The highest BCUT2D eigenvalue weighted by Gasteiger charge is 2.22. The van der Waals surface area contributed by atoms with E-state index >= 15 is 0 Å². The lowest BCUT2D eigenvalue weighted by atomic mass is 10.2. The Balaban J connectivity index is 1.93. The first-order valence-electron chi connectivity index (χ1n) is 8.00. The number of carbonyl (C=O) groups excluding carboxylic acids is 1. The van der Waals surface area contributed by atoms with Gasteiger partial charge in [-0.2, -0.15) is 0 Å². The molecule has 8 heteroatoms. The molecule has 0 unspecified atom stereocenters. The third-order valence-electron chi connectivity index (χ3n) is 3.97. The van der Waals surface area contributed by atoms with Crippen molar-refractivity contribution in [2.45, 2.75) is 4.90 Å². The summed E-state index contributed by atoms with van der Waals surface area (Å²) in [4.78, 5) is 12.9. The lowest BCUT2D eigenvalue weighted by Gasteiger charge is -2.19. The van der Waals surface area contributed by atoms with Gasteiger partial charge in [-0.25, -0.2) is 8.42 Å². The minimum atomic E-state index is -3.67. The number of rotatable bonds is 6. The molecule has 27 heavy (non-hydrogen) atoms. The number of nitrogens with one attached hydrogen (secondary N) is 1. The third-order valence-corrected chi connectivity index (χ3v) is 7.41. The van der Waals surface area contributed by atoms with Crippen LogP contribution in [-0.2, 0) is 10.0 Å². The Morgan fingerprint density at radius 3 is 2.59 bits per heavy atom. The number of benzene rings is 2. The van der Waals surface area contributed by atoms with Crippen LogP contribution in [0.15, 0.2) is 70.6 Å². The Hall–Kier alpha value is -2.16. The molecular weight excluding hydrogens is 448 g/mol. The second-order valence-corrected chi connectivity index (χ2v) is 9.73. The molecule has 1 N–H and O–H groups in total. The van der Waals surface area contributed by atoms with Gasteiger partial charge in [0.05, 0.1) is 15.5 Å². The number of carbonyl (C=O) groups is 1. The van der Waals surface area contributed by atoms with Crippen LogP contribution in [0.25, 0.3) is 10.1 Å². The highest BCUT2D eigenvalue weighted by Crippen LogP contribution is 2.31. The molecule has 3 aromatic rings. The molecule has 1 amide bonds. The third kappa shape index (κ3) is 4.07. The van der Waals surface area contributed by atoms with Gasteiger partial charge < -0.3 is 5.32 Å². The zero-order valence-electron chi connectivity index (χ0n) is 14.5. The maximum Gasteiger partial charge on any atom is 0.264 e. The summed E-state index contributed by atoms with van der Waals surface area (Å²) in [5.74, 6) is -0.173. The van der Waals surface area contributed by atoms with E-state index in [1.165, 1.54) is 22.7 Å². The smallest absolute Gasteiger partial charge is 0.264 e. The summed E-state index contributed by atoms with van der Waals surface area (Å²) in [6, 6.07) is 13.6. The molecule has 0 saturated heterocycles. The number of amides is 1. The van der Waals surface area contributed by atoms with Gasteiger partial charge in [0.2, 0.25) is 0 Å². The van der Waals surface area contributed by atoms with Crippen molar-refractivity contribution >= 4 is 59.0 Å². The lowest BCUT2D eigenvalue weighted by molar-refractivity contribution is 0.0962. The van der Waals surface area contributed by atoms with Gasteiger partial charge in [0.15, 0.2) is 0 Å². The Kier molecular flexibility index (Phi) is 5.69. The van der Waals surface area contributed by atoms with Gasteiger partial charge in [-0.05, 0) is 53.9 Å². The Labute approximate surface area is 170 Å². The fraction of sp³-hybridized carbons (Fsp3) is 0.105. The van der Waals surface area contributed by atoms with Crippen LogP contribution in [0.4, 0.5) is 5.69 Å². The molecule has 0 saturated carbocycles. The van der Waals surface area contributed by atoms with Crippen molar-refractivity contribution in [1.82, 2.24) is 5.32 Å². The van der Waals surface area contributed by atoms with Crippen LogP contribution < -0.4 is 9.62 Å². The molecule has 140 valence electrons. The number of fused-ring (bicyclic) bond motifs is 1. The Morgan fingerprint density at radius 1 is 1.22 bits per heavy atom. The molecule has 0 fully saturated rings. The fourth-order valence-electron chi connectivity index (χ4n) is 2.49. The zero-order chi connectivity index (χ0) is 19.6. The van der Waals surface area contributed by atoms with E-state index < -0.39 is 10.0 Å². The van der Waals surface area contributed by atoms with E-state index in [4.69, 9.17) is 0 Å². The van der Waals surface area contributed by atoms with Crippen LogP contribution in [0.1, 0.15) is 9.67 Å². The van der Waals surface area contributed by atoms with Gasteiger partial charge in [0.25, 0.3) is 15.9 Å². The quantitative estimate of drug-likeness (QED) is 0.549. The maximum absolute atomic E-state index is 12.9. The molecular formula is C19H17BrN2O3S2. The van der Waals surface area contributed by atoms with E-state index in [1.54, 1.807) is 48.5 Å². The summed E-state index contributed by atoms with van der Waals surface area (Å²) in [5, 5.41) is 3.56. The SMILES string of the molecule is C=CCNC(=O)c1cc2cc(N(C)S(=O)(=O)c3ccc(Br)cc3)ccc2s1. The average Bonchev–Trinajstić information content (AvgIpc) is 3.09. The Morgan fingerprint density at radius 2 is 1.93 bits per heavy atom. The first kappa shape index (κ1) is 19.6. The number of nitrogens with zero attached hydrogens (tertiary/aromatic N) is 1. The Bertz CT molecular complexity index is 1110. The van der Waals surface area contributed by atoms with Crippen molar-refractivity contribution in [3.05, 3.63) is 70.5 Å². The van der Waals surface area contributed by atoms with Gasteiger partial charge in [0.1, 0.15) is 0 Å². The van der Waals surface area contributed by atoms with E-state index in [1.807, 2.05) is 6.07 Å². The molecule has 1 heterocycles. The van der Waals surface area contributed by atoms with E-state index in [-0.39, 0.29) is 10.8 Å². The molecule has 0 spiro atoms. The second-order valence-electron chi connectivity index (χ2n) is 5.76. The van der Waals surface area contributed by atoms with Gasteiger partial charge in [-0.1, -0.05) is 22.0 Å². The van der Waals surface area contributed by atoms with Gasteiger partial charge >= 0.3 is 0 Å². The van der Waals surface area contributed by atoms with E-state index in [9.17, 15) is 13.2 Å². The monoisotopic (exact) mass is 464 g/mol. The molecule has 3 rings (SSSR count). The van der Waals surface area contributed by atoms with Gasteiger partial charge in [-0.3, -0.25) is 9.10 Å². The van der Waals surface area contributed by atoms with Crippen LogP contribution in [0.5, 0.6) is 0 Å². The number of hydrogen-bond donors (Lipinski definition) is 1. The lowest BCUT2D eigenvalue weighted by Crippen LogP contribution is -2.26. The first-order chi connectivity index (χ1) is 12.8. The average molecular weight is 465 g/mol. The molecule has 5 nitrogen and oxygen atoms in total. The summed E-state index contributed by atoms with van der Waals surface area (Å²) >= 11 is 4.67. The summed E-state index contributed by atoms with van der Waals surface area (Å²) in [6.45, 7) is 3.97. The van der Waals surface area contributed by atoms with E-state index in [2.05, 4.69) is 27.8 Å². The van der Waals surface area contributed by atoms with Crippen LogP contribution in [0, 0.1) is 0 Å². The van der Waals surface area contributed by atoms with Crippen molar-refractivity contribution in [2.24, 2.45) is 0 Å². The standard InChI is InChI=1S/C19H17BrN2O3S2/c1-3-10-21-19(23)18-12-13-11-15(6-9-17(13)26-18)22(2)27(24,25)16-7-4-14(20)5-8-16/h3-9,11-12H,1,10H2,2H3,(H,21,23). The normalized spacial score (nSPS) is 11.3. The largest absolute Gasteiger partial charge is 0.348 e. The van der Waals surface area contributed by atoms with Crippen molar-refractivity contribution in [3.63, 3.8) is 0 Å². The predicted molar refractivity (Wildman–Crippen MR) is 114 cm³/mol. The molecule has 0 atom stereocenters. The zero-order valence-corrected chi connectivity index (χ0v) is 17.7. The van der Waals surface area contributed by atoms with Crippen LogP contribution in [0.2, 0.25) is 0 Å². The van der Waals surface area contributed by atoms with E-state index in [0.717, 1.165) is 14.6 Å². The predicted octanol–water partition coefficient (Wildman–Crippen LogP) is 4.40. The molecule has 1 aromatic heterocycles. The first-order valence-corrected chi connectivity index (χ1v) is 11.0. The molecule has 0 bridgehead atoms. The number of sulfonamides is 1. The summed E-state index contributed by atoms with van der Waals surface area (Å²) in [6.07, 6.45) is 1.62. The van der Waals surface area contributed by atoms with E-state index in [0.29, 0.717) is 17.1 Å². The number of halogens is 1. The molecule has 0 aliphatic heterocycles. The molecule has 0 radical (unpaired) electrons. The molecule has 0 aliphatic carbocycles. The number of anilines is 1. The number of hydrogen-bond acceptors (Lipinski definition) is 4. The van der Waals surface area contributed by atoms with Crippen molar-refractivity contribution in [2.75, 3.05) is 17.9 Å². The molecule has 2 aromatic carbocycles. The fourth-order valence-corrected chi connectivity index (χ4v) is 4.91. The van der Waals surface area contributed by atoms with Gasteiger partial charge in [-0.15, -0.1) is 17.9 Å². The topological polar surface area (TPSA) is 66.5 Å². The summed E-state index contributed by atoms with van der Waals surface area (Å²) < 4.78 is 28.7. The van der Waals surface area contributed by atoms with Crippen LogP contribution >= 0.6 is 27.3 Å².